The molecule has 0 spiro atoms. The Morgan fingerprint density at radius 3 is 0.429 bits per heavy atom. The molecule has 0 radical (unpaired) electrons. The molecule has 7 heavy (non-hydrogen) atoms. The summed E-state index contributed by atoms with van der Waals surface area (Å²) in [6, 6.07) is 0. The molecule has 0 saturated carbocycles. The summed E-state index contributed by atoms with van der Waals surface area (Å²) in [5.74, 6) is 0. The summed E-state index contributed by atoms with van der Waals surface area (Å²) in [6.45, 7) is 0. The Hall–Kier alpha value is 2.39. The van der Waals surface area contributed by atoms with Crippen molar-refractivity contribution < 1.29 is 21.9 Å². The second-order valence-electron chi connectivity index (χ2n) is 0. The van der Waals surface area contributed by atoms with Crippen LogP contribution in [0, 0.1) is 0 Å². The van der Waals surface area contributed by atoms with Crippen LogP contribution in [0.3, 0.4) is 0 Å². The third-order valence-corrected chi connectivity index (χ3v) is 0. The first-order chi connectivity index (χ1) is 0. The molecule has 0 unspecified atom stereocenters. The summed E-state index contributed by atoms with van der Waals surface area (Å²) >= 11 is 0. The average molecular weight is 206 g/mol. The van der Waals surface area contributed by atoms with E-state index in [1.54, 1.807) is 0 Å². The normalized spacial score (nSPS) is 0. The zero-order chi connectivity index (χ0) is 0. The van der Waals surface area contributed by atoms with Crippen LogP contribution in [0.4, 0.5) is 0 Å². The Balaban J connectivity index is 0. The smallest absolute Gasteiger partial charge is 2.00 e. The number of rotatable bonds is 0. The van der Waals surface area contributed by atoms with Gasteiger partial charge in [-0.15, -0.1) is 0 Å². The summed E-state index contributed by atoms with van der Waals surface area (Å²) in [6.07, 6.45) is 0. The van der Waals surface area contributed by atoms with Crippen LogP contribution in [0.2, 0.25) is 0 Å². The fraction of sp³-hybridized carbons (Fsp3) is 0. The van der Waals surface area contributed by atoms with Crippen molar-refractivity contribution in [3.05, 3.63) is 0 Å². The largest absolute Gasteiger partial charge is 3.00 e. The van der Waals surface area contributed by atoms with Gasteiger partial charge in [0, 0.05) is 0 Å². The molecule has 0 aliphatic heterocycles. The maximum absolute atomic E-state index is 0. The molecule has 0 saturated heterocycles. The molecule has 4 nitrogen and oxygen atoms in total. The van der Waals surface area contributed by atoms with E-state index in [9.17, 15) is 0 Å². The van der Waals surface area contributed by atoms with Crippen LogP contribution < -0.4 is 0 Å². The van der Waals surface area contributed by atoms with Gasteiger partial charge in [-0.05, 0) is 0 Å². The van der Waals surface area contributed by atoms with Crippen LogP contribution in [0.1, 0.15) is 0 Å². The van der Waals surface area contributed by atoms with E-state index in [1.165, 1.54) is 0 Å². The molecule has 0 aliphatic rings. The van der Waals surface area contributed by atoms with Crippen molar-refractivity contribution >= 4 is 80.2 Å². The maximum atomic E-state index is 0. The van der Waals surface area contributed by atoms with Crippen molar-refractivity contribution in [3.8, 4) is 0 Å². The van der Waals surface area contributed by atoms with Gasteiger partial charge in [0.05, 0.1) is 0 Å². The molecular formula is Al2O4Sr. The van der Waals surface area contributed by atoms with Gasteiger partial charge >= 0.3 is 80.2 Å². The van der Waals surface area contributed by atoms with E-state index in [-0.39, 0.29) is 102 Å². The van der Waals surface area contributed by atoms with Crippen molar-refractivity contribution in [2.45, 2.75) is 0 Å². The minimum Gasteiger partial charge on any atom is -2.00 e. The SMILES string of the molecule is [Al+3].[Al+3].[O-2].[O-2].[O-2].[O-2].[Sr+2]. The second-order valence-corrected chi connectivity index (χ2v) is 0. The summed E-state index contributed by atoms with van der Waals surface area (Å²) in [7, 11) is 0. The summed E-state index contributed by atoms with van der Waals surface area (Å²) in [5.41, 5.74) is 0. The van der Waals surface area contributed by atoms with Gasteiger partial charge in [-0.3, -0.25) is 0 Å². The molecule has 7 heteroatoms. The molecule has 0 rings (SSSR count). The summed E-state index contributed by atoms with van der Waals surface area (Å²) in [5, 5.41) is 0. The molecule has 0 amide bonds. The zero-order valence-electron chi connectivity index (χ0n) is 3.49. The quantitative estimate of drug-likeness (QED) is 0.423. The molecule has 0 fully saturated rings. The monoisotopic (exact) mass is 206 g/mol. The Labute approximate surface area is 100 Å². The average Bonchev–Trinajstić information content (AvgIpc) is 0. The second kappa shape index (κ2) is 80.4. The predicted octanol–water partition coefficient (Wildman–Crippen LogP) is -1.62. The van der Waals surface area contributed by atoms with Crippen LogP contribution in [-0.2, 0) is 21.9 Å². The maximum Gasteiger partial charge on any atom is 3.00 e. The first-order valence-corrected chi connectivity index (χ1v) is 0. The van der Waals surface area contributed by atoms with Gasteiger partial charge in [0.1, 0.15) is 0 Å². The van der Waals surface area contributed by atoms with Crippen molar-refractivity contribution in [1.29, 1.82) is 0 Å². The molecule has 0 heterocycles. The number of hydrogen-bond donors (Lipinski definition) is 0. The van der Waals surface area contributed by atoms with Crippen molar-refractivity contribution in [1.82, 2.24) is 0 Å². The number of hydrogen-bond acceptors (Lipinski definition) is 0. The van der Waals surface area contributed by atoms with Crippen molar-refractivity contribution in [3.63, 3.8) is 0 Å². The van der Waals surface area contributed by atoms with E-state index >= 15 is 0 Å². The van der Waals surface area contributed by atoms with Gasteiger partial charge in [0.2, 0.25) is 0 Å². The fourth-order valence-corrected chi connectivity index (χ4v) is 0. The Bertz CT molecular complexity index is 9.65. The van der Waals surface area contributed by atoms with Crippen molar-refractivity contribution in [2.75, 3.05) is 0 Å². The van der Waals surface area contributed by atoms with Gasteiger partial charge in [-0.2, -0.15) is 0 Å². The zero-order valence-corrected chi connectivity index (χ0v) is 9.28. The van der Waals surface area contributed by atoms with Crippen molar-refractivity contribution in [2.24, 2.45) is 0 Å². The molecule has 0 aromatic carbocycles. The van der Waals surface area contributed by atoms with Gasteiger partial charge < -0.3 is 21.9 Å². The van der Waals surface area contributed by atoms with Crippen LogP contribution >= 0.6 is 0 Å². The van der Waals surface area contributed by atoms with E-state index in [0.717, 1.165) is 0 Å². The summed E-state index contributed by atoms with van der Waals surface area (Å²) < 4.78 is 0. The first-order valence-electron chi connectivity index (χ1n) is 0. The molecule has 0 bridgehead atoms. The molecule has 0 N–H and O–H groups in total. The van der Waals surface area contributed by atoms with E-state index < -0.39 is 0 Å². The van der Waals surface area contributed by atoms with Gasteiger partial charge in [0.15, 0.2) is 0 Å². The third-order valence-electron chi connectivity index (χ3n) is 0. The topological polar surface area (TPSA) is 114 Å². The molecule has 0 aromatic rings. The standard InChI is InChI=1S/2Al.4O.Sr/q2*+3;4*-2;+2. The van der Waals surface area contributed by atoms with E-state index in [1.807, 2.05) is 0 Å². The van der Waals surface area contributed by atoms with Gasteiger partial charge in [0.25, 0.3) is 0 Å². The summed E-state index contributed by atoms with van der Waals surface area (Å²) in [4.78, 5) is 0. The minimum atomic E-state index is 0. The van der Waals surface area contributed by atoms with Gasteiger partial charge in [-0.25, -0.2) is 0 Å². The molecule has 0 aromatic heterocycles. The minimum absolute atomic E-state index is 0. The van der Waals surface area contributed by atoms with Crippen LogP contribution in [-0.4, -0.2) is 80.2 Å². The molecular weight excluding hydrogens is 206 g/mol. The van der Waals surface area contributed by atoms with E-state index in [2.05, 4.69) is 0 Å². The Morgan fingerprint density at radius 1 is 0.429 bits per heavy atom. The van der Waals surface area contributed by atoms with E-state index in [0.29, 0.717) is 0 Å². The predicted molar refractivity (Wildman–Crippen MR) is 20.0 cm³/mol. The van der Waals surface area contributed by atoms with Gasteiger partial charge in [-0.1, -0.05) is 0 Å². The third kappa shape index (κ3) is 60.1. The van der Waals surface area contributed by atoms with Crippen LogP contribution in [0.25, 0.3) is 0 Å². The molecule has 0 aliphatic carbocycles. The molecule has 0 atom stereocenters. The fourth-order valence-electron chi connectivity index (χ4n) is 0. The van der Waals surface area contributed by atoms with Crippen LogP contribution in [0.5, 0.6) is 0 Å². The van der Waals surface area contributed by atoms with E-state index in [4.69, 9.17) is 0 Å². The Kier molecular flexibility index (Phi) is 1330. The van der Waals surface area contributed by atoms with Crippen LogP contribution in [0.15, 0.2) is 0 Å². The first kappa shape index (κ1) is 116. The molecule has 32 valence electrons. The Morgan fingerprint density at radius 2 is 0.429 bits per heavy atom.